The van der Waals surface area contributed by atoms with Gasteiger partial charge in [-0.05, 0) is 6.07 Å². The minimum atomic E-state index is -0.536. The number of hydrogen-bond acceptors (Lipinski definition) is 7. The van der Waals surface area contributed by atoms with E-state index in [0.717, 1.165) is 0 Å². The van der Waals surface area contributed by atoms with Crippen molar-refractivity contribution >= 4 is 34.6 Å². The minimum Gasteiger partial charge on any atom is -0.495 e. The molecule has 0 atom stereocenters. The molecule has 0 spiro atoms. The second-order valence-corrected chi connectivity index (χ2v) is 6.61. The van der Waals surface area contributed by atoms with Gasteiger partial charge in [-0.1, -0.05) is 11.6 Å². The second-order valence-electron chi connectivity index (χ2n) is 6.20. The SMILES string of the molecule is COc1cc(NC(=O)c2cc([N+](=O)[O-])ccc2N2CCOCC2)c(OC)cc1Cl. The Kier molecular flexibility index (Phi) is 6.40. The van der Waals surface area contributed by atoms with Crippen LogP contribution in [0.3, 0.4) is 0 Å². The number of carbonyl (C=O) groups excluding carboxylic acids is 1. The number of ether oxygens (including phenoxy) is 3. The maximum Gasteiger partial charge on any atom is 0.270 e. The summed E-state index contributed by atoms with van der Waals surface area (Å²) in [7, 11) is 2.90. The van der Waals surface area contributed by atoms with Crippen molar-refractivity contribution in [3.8, 4) is 11.5 Å². The van der Waals surface area contributed by atoms with Crippen LogP contribution in [0, 0.1) is 10.1 Å². The van der Waals surface area contributed by atoms with Gasteiger partial charge in [0.2, 0.25) is 0 Å². The van der Waals surface area contributed by atoms with Gasteiger partial charge in [0, 0.05) is 37.4 Å². The molecule has 9 nitrogen and oxygen atoms in total. The normalized spacial score (nSPS) is 13.7. The van der Waals surface area contributed by atoms with Crippen molar-refractivity contribution in [1.82, 2.24) is 0 Å². The molecule has 1 N–H and O–H groups in total. The number of benzene rings is 2. The van der Waals surface area contributed by atoms with Gasteiger partial charge < -0.3 is 24.4 Å². The van der Waals surface area contributed by atoms with E-state index in [2.05, 4.69) is 5.32 Å². The number of morpholine rings is 1. The van der Waals surface area contributed by atoms with Gasteiger partial charge in [-0.3, -0.25) is 14.9 Å². The molecule has 0 saturated carbocycles. The van der Waals surface area contributed by atoms with Crippen molar-refractivity contribution in [2.75, 3.05) is 50.7 Å². The predicted octanol–water partition coefficient (Wildman–Crippen LogP) is 3.35. The van der Waals surface area contributed by atoms with Gasteiger partial charge in [0.1, 0.15) is 11.5 Å². The Hall–Kier alpha value is -3.04. The summed E-state index contributed by atoms with van der Waals surface area (Å²) in [6.07, 6.45) is 0. The number of halogens is 1. The third-order valence-corrected chi connectivity index (χ3v) is 4.80. The first kappa shape index (κ1) is 20.7. The molecule has 1 heterocycles. The highest BCUT2D eigenvalue weighted by molar-refractivity contribution is 6.32. The molecule has 1 saturated heterocycles. The van der Waals surface area contributed by atoms with Crippen LogP contribution in [0.4, 0.5) is 17.1 Å². The number of nitro benzene ring substituents is 1. The number of hydrogen-bond donors (Lipinski definition) is 1. The molecule has 2 aromatic rings. The molecule has 29 heavy (non-hydrogen) atoms. The van der Waals surface area contributed by atoms with E-state index in [1.54, 1.807) is 6.07 Å². The summed E-state index contributed by atoms with van der Waals surface area (Å²) < 4.78 is 15.8. The highest BCUT2D eigenvalue weighted by atomic mass is 35.5. The Morgan fingerprint density at radius 2 is 1.86 bits per heavy atom. The van der Waals surface area contributed by atoms with Gasteiger partial charge in [0.15, 0.2) is 0 Å². The van der Waals surface area contributed by atoms with Crippen LogP contribution in [0.2, 0.25) is 5.02 Å². The lowest BCUT2D eigenvalue weighted by molar-refractivity contribution is -0.384. The zero-order chi connectivity index (χ0) is 21.0. The van der Waals surface area contributed by atoms with E-state index in [0.29, 0.717) is 54.2 Å². The predicted molar refractivity (Wildman–Crippen MR) is 109 cm³/mol. The average Bonchev–Trinajstić information content (AvgIpc) is 2.74. The number of anilines is 2. The highest BCUT2D eigenvalue weighted by Gasteiger charge is 2.23. The van der Waals surface area contributed by atoms with Crippen LogP contribution in [0.1, 0.15) is 10.4 Å². The topological polar surface area (TPSA) is 103 Å². The van der Waals surface area contributed by atoms with Crippen molar-refractivity contribution in [1.29, 1.82) is 0 Å². The molecule has 0 aromatic heterocycles. The molecule has 0 unspecified atom stereocenters. The summed E-state index contributed by atoms with van der Waals surface area (Å²) in [6, 6.07) is 7.28. The third-order valence-electron chi connectivity index (χ3n) is 4.51. The Morgan fingerprint density at radius 1 is 1.17 bits per heavy atom. The number of amides is 1. The molecule has 1 aliphatic heterocycles. The summed E-state index contributed by atoms with van der Waals surface area (Å²) in [5.74, 6) is 0.176. The summed E-state index contributed by atoms with van der Waals surface area (Å²) in [4.78, 5) is 25.7. The maximum atomic E-state index is 13.1. The first-order valence-corrected chi connectivity index (χ1v) is 9.16. The standard InChI is InChI=1S/C19H20ClN3O6/c1-27-17-11-15(18(28-2)10-14(17)20)21-19(24)13-9-12(23(25)26)3-4-16(13)22-5-7-29-8-6-22/h3-4,9-11H,5-8H2,1-2H3,(H,21,24). The Labute approximate surface area is 172 Å². The Bertz CT molecular complexity index is 930. The van der Waals surface area contributed by atoms with Gasteiger partial charge in [-0.15, -0.1) is 0 Å². The summed E-state index contributed by atoms with van der Waals surface area (Å²) >= 11 is 6.11. The van der Waals surface area contributed by atoms with E-state index < -0.39 is 10.8 Å². The van der Waals surface area contributed by atoms with Crippen LogP contribution < -0.4 is 19.7 Å². The lowest BCUT2D eigenvalue weighted by Crippen LogP contribution is -2.37. The van der Waals surface area contributed by atoms with Crippen LogP contribution in [-0.2, 0) is 4.74 Å². The van der Waals surface area contributed by atoms with Gasteiger partial charge in [-0.25, -0.2) is 0 Å². The molecular weight excluding hydrogens is 402 g/mol. The molecule has 0 radical (unpaired) electrons. The smallest absolute Gasteiger partial charge is 0.270 e. The number of nitrogens with zero attached hydrogens (tertiary/aromatic N) is 2. The number of nitrogens with one attached hydrogen (secondary N) is 1. The van der Waals surface area contributed by atoms with Crippen molar-refractivity contribution in [2.24, 2.45) is 0 Å². The van der Waals surface area contributed by atoms with Gasteiger partial charge in [0.05, 0.1) is 54.3 Å². The Morgan fingerprint density at radius 3 is 2.48 bits per heavy atom. The molecular formula is C19H20ClN3O6. The van der Waals surface area contributed by atoms with E-state index in [9.17, 15) is 14.9 Å². The monoisotopic (exact) mass is 421 g/mol. The van der Waals surface area contributed by atoms with Crippen molar-refractivity contribution in [3.05, 3.63) is 51.0 Å². The number of non-ortho nitro benzene ring substituents is 1. The number of carbonyl (C=O) groups is 1. The molecule has 10 heteroatoms. The fourth-order valence-corrected chi connectivity index (χ4v) is 3.28. The summed E-state index contributed by atoms with van der Waals surface area (Å²) in [6.45, 7) is 2.19. The van der Waals surface area contributed by atoms with Crippen LogP contribution in [0.5, 0.6) is 11.5 Å². The number of methoxy groups -OCH3 is 2. The van der Waals surface area contributed by atoms with Crippen molar-refractivity contribution < 1.29 is 23.9 Å². The largest absolute Gasteiger partial charge is 0.495 e. The van der Waals surface area contributed by atoms with E-state index in [1.165, 1.54) is 38.5 Å². The first-order valence-electron chi connectivity index (χ1n) is 8.78. The number of rotatable bonds is 6. The molecule has 1 amide bonds. The van der Waals surface area contributed by atoms with E-state index >= 15 is 0 Å². The molecule has 0 aliphatic carbocycles. The minimum absolute atomic E-state index is 0.173. The van der Waals surface area contributed by atoms with Crippen LogP contribution in [0.15, 0.2) is 30.3 Å². The van der Waals surface area contributed by atoms with Crippen LogP contribution >= 0.6 is 11.6 Å². The number of nitro groups is 1. The highest BCUT2D eigenvalue weighted by Crippen LogP contribution is 2.36. The molecule has 0 bridgehead atoms. The third kappa shape index (κ3) is 4.52. The van der Waals surface area contributed by atoms with Crippen LogP contribution in [0.25, 0.3) is 0 Å². The van der Waals surface area contributed by atoms with Gasteiger partial charge in [-0.2, -0.15) is 0 Å². The quantitative estimate of drug-likeness (QED) is 0.563. The van der Waals surface area contributed by atoms with E-state index in [-0.39, 0.29) is 11.3 Å². The second kappa shape index (κ2) is 8.97. The zero-order valence-corrected chi connectivity index (χ0v) is 16.7. The molecule has 1 fully saturated rings. The molecule has 154 valence electrons. The summed E-state index contributed by atoms with van der Waals surface area (Å²) in [5.41, 5.74) is 0.930. The lowest BCUT2D eigenvalue weighted by atomic mass is 10.1. The fourth-order valence-electron chi connectivity index (χ4n) is 3.05. The van der Waals surface area contributed by atoms with Gasteiger partial charge >= 0.3 is 0 Å². The average molecular weight is 422 g/mol. The molecule has 3 rings (SSSR count). The first-order chi connectivity index (χ1) is 13.9. The Balaban J connectivity index is 1.99. The van der Waals surface area contributed by atoms with Crippen LogP contribution in [-0.4, -0.2) is 51.4 Å². The fraction of sp³-hybridized carbons (Fsp3) is 0.316. The summed E-state index contributed by atoms with van der Waals surface area (Å²) in [5, 5.41) is 14.3. The van der Waals surface area contributed by atoms with E-state index in [4.69, 9.17) is 25.8 Å². The van der Waals surface area contributed by atoms with Gasteiger partial charge in [0.25, 0.3) is 11.6 Å². The lowest BCUT2D eigenvalue weighted by Gasteiger charge is -2.30. The molecule has 2 aromatic carbocycles. The zero-order valence-electron chi connectivity index (χ0n) is 15.9. The molecule has 1 aliphatic rings. The van der Waals surface area contributed by atoms with E-state index in [1.807, 2.05) is 4.90 Å². The van der Waals surface area contributed by atoms with Crippen molar-refractivity contribution in [2.45, 2.75) is 0 Å². The maximum absolute atomic E-state index is 13.1. The van der Waals surface area contributed by atoms with Crippen molar-refractivity contribution in [3.63, 3.8) is 0 Å².